The average Bonchev–Trinajstić information content (AvgIpc) is 2.69. The van der Waals surface area contributed by atoms with E-state index >= 15 is 0 Å². The quantitative estimate of drug-likeness (QED) is 0.726. The second-order valence-corrected chi connectivity index (χ2v) is 4.09. The molecule has 0 aliphatic carbocycles. The molecule has 76 valence electrons. The molecule has 0 saturated carbocycles. The van der Waals surface area contributed by atoms with Crippen LogP contribution in [-0.4, -0.2) is 18.0 Å². The Balaban J connectivity index is 2.13. The number of anilines is 1. The van der Waals surface area contributed by atoms with E-state index in [0.717, 1.165) is 5.69 Å². The number of nitrogen functional groups attached to an aromatic ring is 1. The lowest BCUT2D eigenvalue weighted by molar-refractivity contribution is 0.263. The van der Waals surface area contributed by atoms with Gasteiger partial charge in [-0.3, -0.25) is 4.90 Å². The number of nitrogens with zero attached hydrogens (tertiary/aromatic N) is 1. The third-order valence-corrected chi connectivity index (χ3v) is 3.08. The molecule has 0 spiro atoms. The number of hydrogen-bond acceptors (Lipinski definition) is 2. The summed E-state index contributed by atoms with van der Waals surface area (Å²) in [5.41, 5.74) is 7.99. The maximum Gasteiger partial charge on any atom is 0.0320 e. The minimum Gasteiger partial charge on any atom is -0.399 e. The Hall–Kier alpha value is -1.02. The van der Waals surface area contributed by atoms with Crippen molar-refractivity contribution in [2.75, 3.05) is 18.8 Å². The van der Waals surface area contributed by atoms with Gasteiger partial charge in [-0.25, -0.2) is 0 Å². The highest BCUT2D eigenvalue weighted by Crippen LogP contribution is 2.25. The number of nitrogens with two attached hydrogens (primary N) is 1. The van der Waals surface area contributed by atoms with Crippen molar-refractivity contribution in [1.29, 1.82) is 0 Å². The third-order valence-electron chi connectivity index (χ3n) is 3.08. The van der Waals surface area contributed by atoms with Crippen LogP contribution in [0.4, 0.5) is 5.69 Å². The first-order valence-corrected chi connectivity index (χ1v) is 5.37. The maximum absolute atomic E-state index is 5.78. The third kappa shape index (κ3) is 1.90. The van der Waals surface area contributed by atoms with Gasteiger partial charge in [-0.15, -0.1) is 0 Å². The van der Waals surface area contributed by atoms with Crippen molar-refractivity contribution in [3.63, 3.8) is 0 Å². The minimum atomic E-state index is 0.515. The fourth-order valence-corrected chi connectivity index (χ4v) is 2.16. The molecular formula is C12H18N2. The molecule has 0 aromatic heterocycles. The Morgan fingerprint density at radius 2 is 2.00 bits per heavy atom. The first-order valence-electron chi connectivity index (χ1n) is 5.37. The molecule has 1 saturated heterocycles. The number of hydrogen-bond donors (Lipinski definition) is 1. The van der Waals surface area contributed by atoms with Gasteiger partial charge in [-0.05, 0) is 50.6 Å². The molecule has 2 N–H and O–H groups in total. The van der Waals surface area contributed by atoms with Crippen LogP contribution in [0.2, 0.25) is 0 Å². The molecule has 0 radical (unpaired) electrons. The highest BCUT2D eigenvalue weighted by molar-refractivity contribution is 5.41. The summed E-state index contributed by atoms with van der Waals surface area (Å²) in [5, 5.41) is 0. The highest BCUT2D eigenvalue weighted by atomic mass is 15.2. The molecule has 2 heteroatoms. The molecule has 1 aromatic rings. The molecule has 1 heterocycles. The van der Waals surface area contributed by atoms with Gasteiger partial charge >= 0.3 is 0 Å². The van der Waals surface area contributed by atoms with Crippen LogP contribution in [0.5, 0.6) is 0 Å². The van der Waals surface area contributed by atoms with Crippen molar-refractivity contribution in [2.45, 2.75) is 25.8 Å². The molecule has 1 aromatic carbocycles. The fourth-order valence-electron chi connectivity index (χ4n) is 2.16. The van der Waals surface area contributed by atoms with E-state index in [0.29, 0.717) is 6.04 Å². The molecule has 0 amide bonds. The number of benzene rings is 1. The Labute approximate surface area is 85.7 Å². The second-order valence-electron chi connectivity index (χ2n) is 4.09. The van der Waals surface area contributed by atoms with Crippen LogP contribution < -0.4 is 5.73 Å². The Bertz CT molecular complexity index is 303. The molecule has 0 bridgehead atoms. The van der Waals surface area contributed by atoms with Gasteiger partial charge in [-0.1, -0.05) is 12.1 Å². The molecule has 14 heavy (non-hydrogen) atoms. The van der Waals surface area contributed by atoms with E-state index in [2.05, 4.69) is 24.0 Å². The molecule has 1 atom stereocenters. The van der Waals surface area contributed by atoms with Crippen molar-refractivity contribution in [2.24, 2.45) is 0 Å². The zero-order chi connectivity index (χ0) is 9.97. The van der Waals surface area contributed by atoms with Crippen LogP contribution >= 0.6 is 0 Å². The van der Waals surface area contributed by atoms with Crippen molar-refractivity contribution in [1.82, 2.24) is 4.90 Å². The molecule has 1 aliphatic rings. The first-order chi connectivity index (χ1) is 6.77. The molecule has 1 fully saturated rings. The Morgan fingerprint density at radius 1 is 1.29 bits per heavy atom. The predicted molar refractivity (Wildman–Crippen MR) is 60.1 cm³/mol. The van der Waals surface area contributed by atoms with E-state index in [9.17, 15) is 0 Å². The molecule has 1 unspecified atom stereocenters. The standard InChI is InChI=1S/C12H18N2/c1-10(14-7-2-3-8-14)11-5-4-6-12(13)9-11/h4-6,9-10H,2-3,7-8,13H2,1H3. The minimum absolute atomic E-state index is 0.515. The van der Waals surface area contributed by atoms with E-state index in [1.54, 1.807) is 0 Å². The summed E-state index contributed by atoms with van der Waals surface area (Å²) in [7, 11) is 0. The van der Waals surface area contributed by atoms with Crippen LogP contribution in [-0.2, 0) is 0 Å². The highest BCUT2D eigenvalue weighted by Gasteiger charge is 2.18. The summed E-state index contributed by atoms with van der Waals surface area (Å²) in [6.07, 6.45) is 2.68. The molecule has 2 rings (SSSR count). The second kappa shape index (κ2) is 4.01. The van der Waals surface area contributed by atoms with E-state index < -0.39 is 0 Å². The zero-order valence-electron chi connectivity index (χ0n) is 8.74. The van der Waals surface area contributed by atoms with Gasteiger partial charge in [0.05, 0.1) is 0 Å². The van der Waals surface area contributed by atoms with E-state index in [1.807, 2.05) is 12.1 Å². The van der Waals surface area contributed by atoms with Gasteiger partial charge in [0.2, 0.25) is 0 Å². The van der Waals surface area contributed by atoms with Crippen LogP contribution in [0.25, 0.3) is 0 Å². The van der Waals surface area contributed by atoms with Crippen molar-refractivity contribution in [3.8, 4) is 0 Å². The van der Waals surface area contributed by atoms with Crippen LogP contribution in [0, 0.1) is 0 Å². The molecule has 2 nitrogen and oxygen atoms in total. The average molecular weight is 190 g/mol. The predicted octanol–water partition coefficient (Wildman–Crippen LogP) is 2.43. The molecular weight excluding hydrogens is 172 g/mol. The lowest BCUT2D eigenvalue weighted by Gasteiger charge is -2.24. The first kappa shape index (κ1) is 9.53. The van der Waals surface area contributed by atoms with E-state index in [1.165, 1.54) is 31.5 Å². The normalized spacial score (nSPS) is 19.8. The van der Waals surface area contributed by atoms with E-state index in [4.69, 9.17) is 5.73 Å². The Kier molecular flexibility index (Phi) is 2.73. The van der Waals surface area contributed by atoms with Gasteiger partial charge in [0, 0.05) is 11.7 Å². The summed E-state index contributed by atoms with van der Waals surface area (Å²) in [6.45, 7) is 4.73. The number of likely N-dealkylation sites (tertiary alicyclic amines) is 1. The van der Waals surface area contributed by atoms with Gasteiger partial charge in [0.1, 0.15) is 0 Å². The monoisotopic (exact) mass is 190 g/mol. The summed E-state index contributed by atoms with van der Waals surface area (Å²) in [4.78, 5) is 2.52. The van der Waals surface area contributed by atoms with Crippen LogP contribution in [0.15, 0.2) is 24.3 Å². The Morgan fingerprint density at radius 3 is 2.64 bits per heavy atom. The van der Waals surface area contributed by atoms with Crippen molar-refractivity contribution < 1.29 is 0 Å². The SMILES string of the molecule is CC(c1cccc(N)c1)N1CCCC1. The van der Waals surface area contributed by atoms with Gasteiger partial charge in [0.25, 0.3) is 0 Å². The fraction of sp³-hybridized carbons (Fsp3) is 0.500. The maximum atomic E-state index is 5.78. The van der Waals surface area contributed by atoms with E-state index in [-0.39, 0.29) is 0 Å². The van der Waals surface area contributed by atoms with Crippen LogP contribution in [0.1, 0.15) is 31.4 Å². The lowest BCUT2D eigenvalue weighted by atomic mass is 10.1. The largest absolute Gasteiger partial charge is 0.399 e. The number of rotatable bonds is 2. The van der Waals surface area contributed by atoms with Gasteiger partial charge in [0.15, 0.2) is 0 Å². The van der Waals surface area contributed by atoms with Crippen molar-refractivity contribution >= 4 is 5.69 Å². The molecule has 1 aliphatic heterocycles. The topological polar surface area (TPSA) is 29.3 Å². The van der Waals surface area contributed by atoms with Gasteiger partial charge < -0.3 is 5.73 Å². The summed E-state index contributed by atoms with van der Waals surface area (Å²) < 4.78 is 0. The smallest absolute Gasteiger partial charge is 0.0320 e. The summed E-state index contributed by atoms with van der Waals surface area (Å²) in [5.74, 6) is 0. The van der Waals surface area contributed by atoms with Crippen molar-refractivity contribution in [3.05, 3.63) is 29.8 Å². The lowest BCUT2D eigenvalue weighted by Crippen LogP contribution is -2.23. The zero-order valence-corrected chi connectivity index (χ0v) is 8.74. The summed E-state index contributed by atoms with van der Waals surface area (Å²) in [6, 6.07) is 8.75. The van der Waals surface area contributed by atoms with Crippen LogP contribution in [0.3, 0.4) is 0 Å². The van der Waals surface area contributed by atoms with Gasteiger partial charge in [-0.2, -0.15) is 0 Å². The summed E-state index contributed by atoms with van der Waals surface area (Å²) >= 11 is 0.